The molecular weight excluding hydrogens is 354 g/mol. The number of nitro groups is 1. The van der Waals surface area contributed by atoms with Gasteiger partial charge in [-0.15, -0.1) is 0 Å². The Bertz CT molecular complexity index is 908. The molecular formula is C18H23N3O4S. The zero-order chi connectivity index (χ0) is 19.5. The number of rotatable bonds is 7. The van der Waals surface area contributed by atoms with E-state index in [-0.39, 0.29) is 22.3 Å². The van der Waals surface area contributed by atoms with Crippen molar-refractivity contribution in [3.63, 3.8) is 0 Å². The molecule has 0 radical (unpaired) electrons. The molecule has 0 amide bonds. The van der Waals surface area contributed by atoms with Crippen molar-refractivity contribution in [3.8, 4) is 0 Å². The van der Waals surface area contributed by atoms with Crippen LogP contribution in [0, 0.1) is 10.1 Å². The minimum atomic E-state index is -3.81. The van der Waals surface area contributed by atoms with E-state index in [1.54, 1.807) is 19.9 Å². The molecule has 7 nitrogen and oxygen atoms in total. The van der Waals surface area contributed by atoms with Crippen LogP contribution < -0.4 is 10.0 Å². The Labute approximate surface area is 153 Å². The summed E-state index contributed by atoms with van der Waals surface area (Å²) < 4.78 is 26.9. The molecule has 0 aliphatic rings. The van der Waals surface area contributed by atoms with Gasteiger partial charge in [-0.05, 0) is 49.6 Å². The van der Waals surface area contributed by atoms with Gasteiger partial charge in [-0.25, -0.2) is 13.1 Å². The number of nitrogens with zero attached hydrogens (tertiary/aromatic N) is 1. The molecule has 0 saturated carbocycles. The molecule has 0 spiro atoms. The Morgan fingerprint density at radius 3 is 2.31 bits per heavy atom. The number of nitro benzene ring substituents is 1. The molecule has 0 saturated heterocycles. The van der Waals surface area contributed by atoms with Gasteiger partial charge in [-0.3, -0.25) is 10.1 Å². The number of hydrogen-bond donors (Lipinski definition) is 2. The summed E-state index contributed by atoms with van der Waals surface area (Å²) in [5.41, 5.74) is 1.74. The molecule has 2 N–H and O–H groups in total. The fourth-order valence-electron chi connectivity index (χ4n) is 2.44. The van der Waals surface area contributed by atoms with E-state index in [4.69, 9.17) is 0 Å². The van der Waals surface area contributed by atoms with E-state index in [0.717, 1.165) is 11.6 Å². The predicted octanol–water partition coefficient (Wildman–Crippen LogP) is 4.15. The Kier molecular flexibility index (Phi) is 5.99. The number of anilines is 2. The van der Waals surface area contributed by atoms with Crippen molar-refractivity contribution < 1.29 is 13.3 Å². The summed E-state index contributed by atoms with van der Waals surface area (Å²) in [4.78, 5) is 10.7. The van der Waals surface area contributed by atoms with E-state index >= 15 is 0 Å². The molecule has 0 aliphatic carbocycles. The first-order valence-corrected chi connectivity index (χ1v) is 9.76. The third-order valence-corrected chi connectivity index (χ3v) is 5.36. The van der Waals surface area contributed by atoms with Gasteiger partial charge in [0.2, 0.25) is 10.0 Å². The molecule has 0 atom stereocenters. The highest BCUT2D eigenvalue weighted by molar-refractivity contribution is 7.89. The van der Waals surface area contributed by atoms with Crippen LogP contribution in [0.1, 0.15) is 39.2 Å². The number of hydrogen-bond acceptors (Lipinski definition) is 5. The van der Waals surface area contributed by atoms with Crippen LogP contribution in [-0.4, -0.2) is 19.4 Å². The van der Waals surface area contributed by atoms with Crippen molar-refractivity contribution in [1.29, 1.82) is 0 Å². The molecule has 0 aromatic heterocycles. The maximum absolute atomic E-state index is 12.3. The quantitative estimate of drug-likeness (QED) is 0.557. The van der Waals surface area contributed by atoms with Crippen molar-refractivity contribution >= 4 is 27.1 Å². The Balaban J connectivity index is 2.41. The summed E-state index contributed by atoms with van der Waals surface area (Å²) in [7, 11) is -3.81. The summed E-state index contributed by atoms with van der Waals surface area (Å²) in [5, 5.41) is 14.5. The Hall–Kier alpha value is -2.45. The fraction of sp³-hybridized carbons (Fsp3) is 0.333. The van der Waals surface area contributed by atoms with Crippen LogP contribution in [0.25, 0.3) is 0 Å². The third-order valence-electron chi connectivity index (χ3n) is 3.70. The average molecular weight is 377 g/mol. The van der Waals surface area contributed by atoms with Gasteiger partial charge < -0.3 is 5.32 Å². The van der Waals surface area contributed by atoms with Crippen LogP contribution in [0.2, 0.25) is 0 Å². The van der Waals surface area contributed by atoms with Crippen LogP contribution in [0.3, 0.4) is 0 Å². The first kappa shape index (κ1) is 19.9. The molecule has 0 fully saturated rings. The minimum Gasteiger partial charge on any atom is -0.350 e. The van der Waals surface area contributed by atoms with Crippen molar-refractivity contribution in [3.05, 3.63) is 58.1 Å². The van der Waals surface area contributed by atoms with Gasteiger partial charge in [0, 0.05) is 17.8 Å². The number of nitrogens with one attached hydrogen (secondary N) is 2. The van der Waals surface area contributed by atoms with Gasteiger partial charge in [0.05, 0.1) is 9.82 Å². The smallest absolute Gasteiger partial charge is 0.294 e. The van der Waals surface area contributed by atoms with Gasteiger partial charge in [0.1, 0.15) is 5.69 Å². The van der Waals surface area contributed by atoms with Crippen molar-refractivity contribution in [2.24, 2.45) is 0 Å². The molecule has 8 heteroatoms. The van der Waals surface area contributed by atoms with Crippen LogP contribution in [0.4, 0.5) is 17.1 Å². The van der Waals surface area contributed by atoms with E-state index in [0.29, 0.717) is 11.6 Å². The highest BCUT2D eigenvalue weighted by Gasteiger charge is 2.22. The first-order valence-electron chi connectivity index (χ1n) is 8.28. The van der Waals surface area contributed by atoms with E-state index in [2.05, 4.69) is 23.9 Å². The zero-order valence-electron chi connectivity index (χ0n) is 15.2. The van der Waals surface area contributed by atoms with Crippen molar-refractivity contribution in [2.45, 2.75) is 44.6 Å². The Morgan fingerprint density at radius 1 is 1.04 bits per heavy atom. The average Bonchev–Trinajstić information content (AvgIpc) is 2.53. The van der Waals surface area contributed by atoms with Crippen molar-refractivity contribution in [1.82, 2.24) is 4.72 Å². The fourth-order valence-corrected chi connectivity index (χ4v) is 3.72. The molecule has 26 heavy (non-hydrogen) atoms. The largest absolute Gasteiger partial charge is 0.350 e. The van der Waals surface area contributed by atoms with Crippen LogP contribution >= 0.6 is 0 Å². The lowest BCUT2D eigenvalue weighted by atomic mass is 10.0. The molecule has 0 bridgehead atoms. The highest BCUT2D eigenvalue weighted by atomic mass is 32.2. The second kappa shape index (κ2) is 7.84. The second-order valence-corrected chi connectivity index (χ2v) is 8.33. The lowest BCUT2D eigenvalue weighted by molar-refractivity contribution is -0.384. The summed E-state index contributed by atoms with van der Waals surface area (Å²) in [5.74, 6) is 0.321. The Morgan fingerprint density at radius 2 is 1.73 bits per heavy atom. The third kappa shape index (κ3) is 4.80. The molecule has 0 heterocycles. The van der Waals surface area contributed by atoms with Crippen LogP contribution in [-0.2, 0) is 10.0 Å². The van der Waals surface area contributed by atoms with Gasteiger partial charge >= 0.3 is 0 Å². The molecule has 2 aromatic carbocycles. The van der Waals surface area contributed by atoms with E-state index in [9.17, 15) is 18.5 Å². The number of benzene rings is 2. The van der Waals surface area contributed by atoms with Gasteiger partial charge in [-0.1, -0.05) is 26.0 Å². The summed E-state index contributed by atoms with van der Waals surface area (Å²) in [6, 6.07) is 11.1. The maximum atomic E-state index is 12.3. The second-order valence-electron chi connectivity index (χ2n) is 6.62. The first-order chi connectivity index (χ1) is 12.1. The zero-order valence-corrected chi connectivity index (χ0v) is 16.0. The highest BCUT2D eigenvalue weighted by Crippen LogP contribution is 2.31. The summed E-state index contributed by atoms with van der Waals surface area (Å²) in [6.45, 7) is 7.49. The summed E-state index contributed by atoms with van der Waals surface area (Å²) >= 11 is 0. The standard InChI is InChI=1S/C18H23N3O4S/c1-12(2)14-6-5-7-15(10-14)19-17-9-8-16(11-18(17)21(22)23)26(24,25)20-13(3)4/h5-13,19-20H,1-4H3. The van der Waals surface area contributed by atoms with E-state index in [1.165, 1.54) is 12.1 Å². The maximum Gasteiger partial charge on any atom is 0.294 e. The monoisotopic (exact) mass is 377 g/mol. The van der Waals surface area contributed by atoms with Gasteiger partial charge in [0.15, 0.2) is 0 Å². The molecule has 2 aromatic rings. The molecule has 0 aliphatic heterocycles. The lowest BCUT2D eigenvalue weighted by Gasteiger charge is -2.13. The normalized spacial score (nSPS) is 11.8. The van der Waals surface area contributed by atoms with Crippen LogP contribution in [0.5, 0.6) is 0 Å². The van der Waals surface area contributed by atoms with Crippen LogP contribution in [0.15, 0.2) is 47.4 Å². The minimum absolute atomic E-state index is 0.139. The topological polar surface area (TPSA) is 101 Å². The SMILES string of the molecule is CC(C)NS(=O)(=O)c1ccc(Nc2cccc(C(C)C)c2)c([N+](=O)[O-])c1. The lowest BCUT2D eigenvalue weighted by Crippen LogP contribution is -2.30. The molecule has 2 rings (SSSR count). The molecule has 0 unspecified atom stereocenters. The van der Waals surface area contributed by atoms with Gasteiger partial charge in [0.25, 0.3) is 5.69 Å². The van der Waals surface area contributed by atoms with E-state index < -0.39 is 14.9 Å². The summed E-state index contributed by atoms with van der Waals surface area (Å²) in [6.07, 6.45) is 0. The van der Waals surface area contributed by atoms with Crippen molar-refractivity contribution in [2.75, 3.05) is 5.32 Å². The van der Waals surface area contributed by atoms with E-state index in [1.807, 2.05) is 18.2 Å². The van der Waals surface area contributed by atoms with Gasteiger partial charge in [-0.2, -0.15) is 0 Å². The molecule has 140 valence electrons. The number of sulfonamides is 1. The predicted molar refractivity (Wildman–Crippen MR) is 102 cm³/mol.